The van der Waals surface area contributed by atoms with Gasteiger partial charge in [0.1, 0.15) is 0 Å². The molecule has 1 heterocycles. The number of esters is 1. The van der Waals surface area contributed by atoms with Gasteiger partial charge in [-0.05, 0) is 18.9 Å². The summed E-state index contributed by atoms with van der Waals surface area (Å²) in [7, 11) is 0. The van der Waals surface area contributed by atoms with Crippen molar-refractivity contribution in [2.24, 2.45) is 5.73 Å². The van der Waals surface area contributed by atoms with Gasteiger partial charge < -0.3 is 15.9 Å². The number of allylic oxidation sites excluding steroid dienone is 1. The van der Waals surface area contributed by atoms with Gasteiger partial charge in [0.05, 0.1) is 0 Å². The highest BCUT2D eigenvalue weighted by Crippen LogP contribution is 2.17. The molecule has 1 unspecified atom stereocenters. The lowest BCUT2D eigenvalue weighted by Gasteiger charge is -2.29. The molecule has 0 saturated carbocycles. The Morgan fingerprint density at radius 1 is 1.32 bits per heavy atom. The first-order chi connectivity index (χ1) is 9.15. The minimum Gasteiger partial charge on any atom is -0.441 e. The molecule has 0 bridgehead atoms. The summed E-state index contributed by atoms with van der Waals surface area (Å²) in [5.74, 6) is -0.436. The number of nitrogens with two attached hydrogens (primary N) is 1. The number of hydrogen-bond donors (Lipinski definition) is 3. The van der Waals surface area contributed by atoms with Crippen molar-refractivity contribution in [2.75, 3.05) is 0 Å². The highest BCUT2D eigenvalue weighted by atomic mass is 16.6. The summed E-state index contributed by atoms with van der Waals surface area (Å²) in [4.78, 5) is 13.1. The van der Waals surface area contributed by atoms with Crippen molar-refractivity contribution in [3.8, 4) is 0 Å². The molecule has 1 atom stereocenters. The second-order valence-electron chi connectivity index (χ2n) is 4.55. The van der Waals surface area contributed by atoms with Crippen molar-refractivity contribution < 1.29 is 9.53 Å². The largest absolute Gasteiger partial charge is 0.441 e. The number of nitrogens with zero attached hydrogens (tertiary/aromatic N) is 1. The van der Waals surface area contributed by atoms with E-state index in [1.165, 1.54) is 17.2 Å². The van der Waals surface area contributed by atoms with Crippen LogP contribution in [0.2, 0.25) is 0 Å². The fourth-order valence-corrected chi connectivity index (χ4v) is 2.05. The highest BCUT2D eigenvalue weighted by molar-refractivity contribution is 5.78. The lowest BCUT2D eigenvalue weighted by atomic mass is 10.1. The molecule has 0 spiro atoms. The van der Waals surface area contributed by atoms with Crippen molar-refractivity contribution >= 4 is 18.1 Å². The molecule has 19 heavy (non-hydrogen) atoms. The Bertz CT molecular complexity index is 355. The smallest absolute Gasteiger partial charge is 0.307 e. The zero-order chi connectivity index (χ0) is 14.1. The quantitative estimate of drug-likeness (QED) is 0.412. The molecule has 0 aromatic carbocycles. The van der Waals surface area contributed by atoms with E-state index in [1.54, 1.807) is 0 Å². The van der Waals surface area contributed by atoms with Crippen molar-refractivity contribution in [3.63, 3.8) is 0 Å². The van der Waals surface area contributed by atoms with Gasteiger partial charge in [0, 0.05) is 25.3 Å². The predicted molar refractivity (Wildman–Crippen MR) is 73.9 cm³/mol. The van der Waals surface area contributed by atoms with Crippen LogP contribution >= 0.6 is 0 Å². The molecule has 0 amide bonds. The lowest BCUT2D eigenvalue weighted by molar-refractivity contribution is -0.155. The molecule has 6 heteroatoms. The number of ether oxygens (including phenoxy) is 1. The molecule has 6 nitrogen and oxygen atoms in total. The number of nitrogens with one attached hydrogen (secondary N) is 2. The van der Waals surface area contributed by atoms with E-state index in [4.69, 9.17) is 21.3 Å². The van der Waals surface area contributed by atoms with Crippen molar-refractivity contribution in [1.29, 1.82) is 10.8 Å². The molecular weight excluding hydrogens is 244 g/mol. The van der Waals surface area contributed by atoms with Gasteiger partial charge in [-0.25, -0.2) is 0 Å². The Morgan fingerprint density at radius 2 is 2.00 bits per heavy atom. The Kier molecular flexibility index (Phi) is 6.63. The minimum atomic E-state index is -0.542. The molecule has 4 N–H and O–H groups in total. The standard InChI is InChI=1S/C13H22N4O2/c14-9-6-10-17(13(15)16)11-7-4-2-1-3-5-8-12(18)19-11/h6,9-11,14H,1-5,7-8H2,(H3,15,16)/b10-6-,14-9?. The van der Waals surface area contributed by atoms with E-state index < -0.39 is 6.23 Å². The van der Waals surface area contributed by atoms with Gasteiger partial charge in [-0.3, -0.25) is 15.1 Å². The van der Waals surface area contributed by atoms with E-state index >= 15 is 0 Å². The molecule has 1 saturated heterocycles. The third-order valence-electron chi connectivity index (χ3n) is 3.03. The van der Waals surface area contributed by atoms with Gasteiger partial charge in [0.25, 0.3) is 0 Å². The Balaban J connectivity index is 2.76. The summed E-state index contributed by atoms with van der Waals surface area (Å²) in [6, 6.07) is 0. The first-order valence-electron chi connectivity index (χ1n) is 6.64. The number of carbonyl (C=O) groups is 1. The first kappa shape index (κ1) is 15.2. The van der Waals surface area contributed by atoms with Crippen LogP contribution in [-0.2, 0) is 9.53 Å². The summed E-state index contributed by atoms with van der Waals surface area (Å²) in [5.41, 5.74) is 5.51. The number of carbonyl (C=O) groups excluding carboxylic acids is 1. The van der Waals surface area contributed by atoms with Crippen molar-refractivity contribution in [3.05, 3.63) is 12.3 Å². The Morgan fingerprint density at radius 3 is 2.68 bits per heavy atom. The molecule has 0 radical (unpaired) electrons. The van der Waals surface area contributed by atoms with E-state index in [9.17, 15) is 4.79 Å². The summed E-state index contributed by atoms with van der Waals surface area (Å²) in [5, 5.41) is 14.5. The van der Waals surface area contributed by atoms with E-state index in [0.29, 0.717) is 12.8 Å². The number of cyclic esters (lactones) is 1. The van der Waals surface area contributed by atoms with Crippen LogP contribution < -0.4 is 5.73 Å². The van der Waals surface area contributed by atoms with Crippen LogP contribution in [-0.4, -0.2) is 29.3 Å². The maximum Gasteiger partial charge on any atom is 0.307 e. The van der Waals surface area contributed by atoms with Crippen LogP contribution in [0.4, 0.5) is 0 Å². The Hall–Kier alpha value is -1.85. The summed E-state index contributed by atoms with van der Waals surface area (Å²) in [6.45, 7) is 0. The predicted octanol–water partition coefficient (Wildman–Crippen LogP) is 1.96. The summed E-state index contributed by atoms with van der Waals surface area (Å²) in [6.07, 6.45) is 9.62. The average molecular weight is 266 g/mol. The third kappa shape index (κ3) is 5.54. The number of rotatable bonds is 3. The maximum absolute atomic E-state index is 11.7. The second kappa shape index (κ2) is 8.29. The summed E-state index contributed by atoms with van der Waals surface area (Å²) < 4.78 is 5.39. The zero-order valence-corrected chi connectivity index (χ0v) is 11.1. The zero-order valence-electron chi connectivity index (χ0n) is 11.1. The Labute approximate surface area is 113 Å². The van der Waals surface area contributed by atoms with Crippen LogP contribution in [0.3, 0.4) is 0 Å². The van der Waals surface area contributed by atoms with Gasteiger partial charge in [-0.1, -0.05) is 19.3 Å². The van der Waals surface area contributed by atoms with Gasteiger partial charge in [0.15, 0.2) is 12.2 Å². The van der Waals surface area contributed by atoms with Gasteiger partial charge in [-0.2, -0.15) is 0 Å². The van der Waals surface area contributed by atoms with E-state index in [-0.39, 0.29) is 11.9 Å². The van der Waals surface area contributed by atoms with Crippen LogP contribution in [0, 0.1) is 10.8 Å². The molecule has 0 aliphatic carbocycles. The SMILES string of the molecule is N=C/C=C\N(C(=N)N)C1CCCCCCCC(=O)O1. The normalized spacial score (nSPS) is 21.7. The topological polar surface area (TPSA) is 103 Å². The fraction of sp³-hybridized carbons (Fsp3) is 0.615. The van der Waals surface area contributed by atoms with E-state index in [0.717, 1.165) is 38.3 Å². The fourth-order valence-electron chi connectivity index (χ4n) is 2.05. The molecule has 1 aliphatic rings. The molecule has 1 rings (SSSR count). The van der Waals surface area contributed by atoms with E-state index in [1.807, 2.05) is 0 Å². The highest BCUT2D eigenvalue weighted by Gasteiger charge is 2.22. The van der Waals surface area contributed by atoms with Crippen LogP contribution in [0.1, 0.15) is 44.9 Å². The minimum absolute atomic E-state index is 0.187. The summed E-state index contributed by atoms with van der Waals surface area (Å²) >= 11 is 0. The van der Waals surface area contributed by atoms with Gasteiger partial charge in [0.2, 0.25) is 0 Å². The molecule has 1 fully saturated rings. The molecule has 1 aliphatic heterocycles. The molecule has 0 aromatic heterocycles. The van der Waals surface area contributed by atoms with Gasteiger partial charge >= 0.3 is 5.97 Å². The van der Waals surface area contributed by atoms with Crippen LogP contribution in [0.5, 0.6) is 0 Å². The second-order valence-corrected chi connectivity index (χ2v) is 4.55. The van der Waals surface area contributed by atoms with Gasteiger partial charge in [-0.15, -0.1) is 0 Å². The lowest BCUT2D eigenvalue weighted by Crippen LogP contribution is -2.43. The molecular formula is C13H22N4O2. The monoisotopic (exact) mass is 266 g/mol. The van der Waals surface area contributed by atoms with Crippen molar-refractivity contribution in [2.45, 2.75) is 51.2 Å². The molecule has 106 valence electrons. The number of hydrogen-bond acceptors (Lipinski definition) is 4. The maximum atomic E-state index is 11.7. The van der Waals surface area contributed by atoms with Crippen molar-refractivity contribution in [1.82, 2.24) is 4.90 Å². The average Bonchev–Trinajstić information content (AvgIpc) is 2.37. The third-order valence-corrected chi connectivity index (χ3v) is 3.03. The van der Waals surface area contributed by atoms with Crippen LogP contribution in [0.25, 0.3) is 0 Å². The van der Waals surface area contributed by atoms with E-state index in [2.05, 4.69) is 0 Å². The number of guanidine groups is 1. The molecule has 0 aromatic rings. The first-order valence-corrected chi connectivity index (χ1v) is 6.64. The van der Waals surface area contributed by atoms with Crippen LogP contribution in [0.15, 0.2) is 12.3 Å².